The highest BCUT2D eigenvalue weighted by Gasteiger charge is 2.36. The monoisotopic (exact) mass is 496 g/mol. The predicted molar refractivity (Wildman–Crippen MR) is 140 cm³/mol. The zero-order chi connectivity index (χ0) is 25.5. The van der Waals surface area contributed by atoms with E-state index in [2.05, 4.69) is 0 Å². The molecule has 7 nitrogen and oxygen atoms in total. The van der Waals surface area contributed by atoms with Gasteiger partial charge in [-0.05, 0) is 48.6 Å². The summed E-state index contributed by atoms with van der Waals surface area (Å²) in [5, 5.41) is 0.849. The Morgan fingerprint density at radius 1 is 1.00 bits per heavy atom. The van der Waals surface area contributed by atoms with Gasteiger partial charge in [0.25, 0.3) is 11.5 Å². The molecule has 2 aliphatic heterocycles. The summed E-state index contributed by atoms with van der Waals surface area (Å²) < 4.78 is 13.3. The molecule has 6 rings (SSSR count). The highest BCUT2D eigenvalue weighted by molar-refractivity contribution is 5.83. The molecule has 2 aliphatic rings. The lowest BCUT2D eigenvalue weighted by molar-refractivity contribution is -0.136. The van der Waals surface area contributed by atoms with Crippen LogP contribution in [0.15, 0.2) is 80.7 Å². The molecule has 1 amide bonds. The number of pyridine rings is 1. The van der Waals surface area contributed by atoms with Gasteiger partial charge in [0.15, 0.2) is 6.61 Å². The fraction of sp³-hybridized carbons (Fsp3) is 0.300. The number of carbonyl (C=O) groups excluding carboxylic acids is 1. The lowest BCUT2D eigenvalue weighted by atomic mass is 9.83. The van der Waals surface area contributed by atoms with E-state index in [1.165, 1.54) is 0 Å². The number of fused-ring (bicyclic) bond motifs is 5. The van der Waals surface area contributed by atoms with Gasteiger partial charge in [0.05, 0.1) is 0 Å². The average Bonchev–Trinajstić information content (AvgIpc) is 2.90. The summed E-state index contributed by atoms with van der Waals surface area (Å²) in [4.78, 5) is 39.9. The van der Waals surface area contributed by atoms with Crippen LogP contribution >= 0.6 is 0 Å². The van der Waals surface area contributed by atoms with Gasteiger partial charge in [-0.25, -0.2) is 4.79 Å². The number of aromatic nitrogens is 1. The zero-order valence-corrected chi connectivity index (χ0v) is 20.7. The van der Waals surface area contributed by atoms with E-state index < -0.39 is 0 Å². The molecule has 2 aromatic heterocycles. The third-order valence-corrected chi connectivity index (χ3v) is 7.68. The first-order valence-corrected chi connectivity index (χ1v) is 12.7. The van der Waals surface area contributed by atoms with E-state index in [-0.39, 0.29) is 35.5 Å². The Balaban J connectivity index is 1.16. The molecule has 37 heavy (non-hydrogen) atoms. The second kappa shape index (κ2) is 9.39. The number of carbonyl (C=O) groups is 1. The van der Waals surface area contributed by atoms with Gasteiger partial charge in [-0.3, -0.25) is 9.59 Å². The Morgan fingerprint density at radius 2 is 1.84 bits per heavy atom. The number of ether oxygens (including phenoxy) is 1. The Bertz CT molecular complexity index is 1600. The van der Waals surface area contributed by atoms with E-state index in [0.29, 0.717) is 43.0 Å². The molecule has 2 aromatic carbocycles. The van der Waals surface area contributed by atoms with E-state index in [1.807, 2.05) is 64.9 Å². The maximum Gasteiger partial charge on any atom is 0.340 e. The summed E-state index contributed by atoms with van der Waals surface area (Å²) in [5.74, 6) is 0.817. The van der Waals surface area contributed by atoms with Crippen LogP contribution in [0.5, 0.6) is 5.75 Å². The number of nitrogens with zero attached hydrogens (tertiary/aromatic N) is 2. The maximum absolute atomic E-state index is 13.0. The van der Waals surface area contributed by atoms with E-state index in [9.17, 15) is 14.4 Å². The first-order valence-electron chi connectivity index (χ1n) is 12.7. The molecule has 0 spiro atoms. The molecule has 2 bridgehead atoms. The summed E-state index contributed by atoms with van der Waals surface area (Å²) in [6.07, 6.45) is 1.50. The van der Waals surface area contributed by atoms with E-state index >= 15 is 0 Å². The fourth-order valence-corrected chi connectivity index (χ4v) is 5.81. The van der Waals surface area contributed by atoms with Crippen LogP contribution in [0.1, 0.15) is 34.7 Å². The molecule has 0 aliphatic carbocycles. The number of benzene rings is 2. The Hall–Kier alpha value is -4.13. The van der Waals surface area contributed by atoms with Gasteiger partial charge in [0.2, 0.25) is 0 Å². The summed E-state index contributed by atoms with van der Waals surface area (Å²) in [6.45, 7) is 3.68. The van der Waals surface area contributed by atoms with Crippen LogP contribution in [0.25, 0.3) is 11.0 Å². The number of rotatable bonds is 5. The third kappa shape index (κ3) is 4.46. The Morgan fingerprint density at radius 3 is 2.68 bits per heavy atom. The Kier molecular flexibility index (Phi) is 5.91. The number of likely N-dealkylation sites (tertiary alicyclic amines) is 1. The predicted octanol–water partition coefficient (Wildman–Crippen LogP) is 3.88. The minimum Gasteiger partial charge on any atom is -0.484 e. The lowest BCUT2D eigenvalue weighted by Gasteiger charge is -2.42. The van der Waals surface area contributed by atoms with E-state index in [0.717, 1.165) is 28.6 Å². The molecule has 0 saturated carbocycles. The van der Waals surface area contributed by atoms with Crippen molar-refractivity contribution in [2.75, 3.05) is 19.7 Å². The normalized spacial score (nSPS) is 18.5. The van der Waals surface area contributed by atoms with Crippen molar-refractivity contribution in [1.29, 1.82) is 0 Å². The largest absolute Gasteiger partial charge is 0.484 e. The van der Waals surface area contributed by atoms with Gasteiger partial charge in [0.1, 0.15) is 11.3 Å². The topological polar surface area (TPSA) is 81.8 Å². The van der Waals surface area contributed by atoms with Crippen LogP contribution in [-0.4, -0.2) is 35.1 Å². The van der Waals surface area contributed by atoms with Crippen molar-refractivity contribution >= 4 is 16.9 Å². The smallest absolute Gasteiger partial charge is 0.340 e. The fourth-order valence-electron chi connectivity index (χ4n) is 5.81. The molecule has 0 radical (unpaired) electrons. The highest BCUT2D eigenvalue weighted by Crippen LogP contribution is 2.35. The van der Waals surface area contributed by atoms with Gasteiger partial charge < -0.3 is 18.6 Å². The summed E-state index contributed by atoms with van der Waals surface area (Å²) >= 11 is 0. The summed E-state index contributed by atoms with van der Waals surface area (Å²) in [7, 11) is 0. The van der Waals surface area contributed by atoms with Crippen molar-refractivity contribution in [2.45, 2.75) is 32.2 Å². The number of piperidine rings is 1. The minimum absolute atomic E-state index is 0.0284. The van der Waals surface area contributed by atoms with Crippen molar-refractivity contribution in [3.8, 4) is 5.75 Å². The van der Waals surface area contributed by atoms with Crippen molar-refractivity contribution in [2.24, 2.45) is 5.92 Å². The maximum atomic E-state index is 13.0. The number of amides is 1. The van der Waals surface area contributed by atoms with Crippen molar-refractivity contribution < 1.29 is 13.9 Å². The Labute approximate surface area is 213 Å². The molecular weight excluding hydrogens is 468 g/mol. The minimum atomic E-state index is -0.360. The number of hydrogen-bond acceptors (Lipinski definition) is 5. The number of hydrogen-bond donors (Lipinski definition) is 0. The molecule has 1 fully saturated rings. The van der Waals surface area contributed by atoms with Crippen LogP contribution in [0.3, 0.4) is 0 Å². The standard InChI is InChI=1S/C30H28N2O5/c1-19-24-11-10-23(14-27(24)37-30(35)25(19)13-20-6-3-2-4-7-20)36-18-29(34)31-15-21-12-22(17-31)26-8-5-9-28(33)32(26)16-21/h2-11,14,21-22H,12-13,15-18H2,1H3. The second-order valence-corrected chi connectivity index (χ2v) is 10.1. The molecule has 188 valence electrons. The molecular formula is C30H28N2O5. The molecule has 4 aromatic rings. The third-order valence-electron chi connectivity index (χ3n) is 7.68. The lowest BCUT2D eigenvalue weighted by Crippen LogP contribution is -2.50. The second-order valence-electron chi connectivity index (χ2n) is 10.1. The van der Waals surface area contributed by atoms with Gasteiger partial charge in [0, 0.05) is 60.7 Å². The summed E-state index contributed by atoms with van der Waals surface area (Å²) in [6, 6.07) is 20.6. The van der Waals surface area contributed by atoms with Crippen molar-refractivity contribution in [1.82, 2.24) is 9.47 Å². The van der Waals surface area contributed by atoms with Crippen LogP contribution in [0.4, 0.5) is 0 Å². The first-order chi connectivity index (χ1) is 18.0. The van der Waals surface area contributed by atoms with Crippen LogP contribution in [-0.2, 0) is 17.8 Å². The molecule has 4 heterocycles. The van der Waals surface area contributed by atoms with Gasteiger partial charge in [-0.1, -0.05) is 36.4 Å². The van der Waals surface area contributed by atoms with Crippen LogP contribution < -0.4 is 15.9 Å². The van der Waals surface area contributed by atoms with Crippen LogP contribution in [0, 0.1) is 12.8 Å². The molecule has 0 N–H and O–H groups in total. The SMILES string of the molecule is Cc1c(Cc2ccccc2)c(=O)oc2cc(OCC(=O)N3CC4CC(C3)c3cccc(=O)n3C4)ccc12. The van der Waals surface area contributed by atoms with E-state index in [4.69, 9.17) is 9.15 Å². The highest BCUT2D eigenvalue weighted by atomic mass is 16.5. The molecule has 2 unspecified atom stereocenters. The molecule has 7 heteroatoms. The zero-order valence-electron chi connectivity index (χ0n) is 20.7. The number of aryl methyl sites for hydroxylation is 1. The quantitative estimate of drug-likeness (QED) is 0.392. The first kappa shape index (κ1) is 23.3. The van der Waals surface area contributed by atoms with Gasteiger partial charge in [-0.2, -0.15) is 0 Å². The molecule has 2 atom stereocenters. The average molecular weight is 497 g/mol. The van der Waals surface area contributed by atoms with Crippen molar-refractivity contribution in [3.05, 3.63) is 110 Å². The summed E-state index contributed by atoms with van der Waals surface area (Å²) in [5.41, 5.74) is 3.70. The van der Waals surface area contributed by atoms with Crippen molar-refractivity contribution in [3.63, 3.8) is 0 Å². The van der Waals surface area contributed by atoms with Crippen LogP contribution in [0.2, 0.25) is 0 Å². The molecule has 1 saturated heterocycles. The van der Waals surface area contributed by atoms with Gasteiger partial charge >= 0.3 is 5.63 Å². The van der Waals surface area contributed by atoms with Gasteiger partial charge in [-0.15, -0.1) is 0 Å². The van der Waals surface area contributed by atoms with E-state index in [1.54, 1.807) is 18.2 Å².